The highest BCUT2D eigenvalue weighted by atomic mass is 79.9. The lowest BCUT2D eigenvalue weighted by atomic mass is 10.0. The van der Waals surface area contributed by atoms with Gasteiger partial charge in [-0.2, -0.15) is 5.10 Å². The molecule has 0 radical (unpaired) electrons. The molecule has 124 valence electrons. The van der Waals surface area contributed by atoms with E-state index < -0.39 is 0 Å². The van der Waals surface area contributed by atoms with Gasteiger partial charge in [-0.15, -0.1) is 0 Å². The number of carbonyl (C=O) groups excluding carboxylic acids is 1. The van der Waals surface area contributed by atoms with Crippen LogP contribution in [-0.2, 0) is 6.42 Å². The number of anilines is 1. The maximum atomic E-state index is 12.9. The number of carbonyl (C=O) groups is 1. The molecule has 2 aromatic rings. The number of fused-ring (bicyclic) bond motifs is 1. The number of rotatable bonds is 1. The minimum atomic E-state index is -0.173. The average Bonchev–Trinajstić information content (AvgIpc) is 2.72. The first-order chi connectivity index (χ1) is 11.5. The van der Waals surface area contributed by atoms with Gasteiger partial charge in [0.15, 0.2) is 0 Å². The molecule has 0 spiro atoms. The predicted octanol–water partition coefficient (Wildman–Crippen LogP) is 4.94. The molecule has 6 heteroatoms. The Hall–Kier alpha value is -1.85. The molecule has 0 aliphatic carbocycles. The van der Waals surface area contributed by atoms with Crippen molar-refractivity contribution in [3.8, 4) is 0 Å². The van der Waals surface area contributed by atoms with Gasteiger partial charge >= 0.3 is 6.03 Å². The van der Waals surface area contributed by atoms with Crippen LogP contribution in [0.25, 0.3) is 0 Å². The van der Waals surface area contributed by atoms with Crippen molar-refractivity contribution in [3.63, 3.8) is 0 Å². The largest absolute Gasteiger partial charge is 0.344 e. The molecule has 0 N–H and O–H groups in total. The zero-order chi connectivity index (χ0) is 17.3. The molecule has 24 heavy (non-hydrogen) atoms. The molecule has 0 saturated carbocycles. The highest BCUT2D eigenvalue weighted by Gasteiger charge is 2.26. The van der Waals surface area contributed by atoms with Gasteiger partial charge in [-0.05, 0) is 60.9 Å². The van der Waals surface area contributed by atoms with E-state index in [0.717, 1.165) is 22.1 Å². The fraction of sp³-hybridized carbons (Fsp3) is 0.222. The Bertz CT molecular complexity index is 791. The van der Waals surface area contributed by atoms with Gasteiger partial charge in [0.05, 0.1) is 12.3 Å². The number of hydrazone groups is 1. The van der Waals surface area contributed by atoms with Crippen molar-refractivity contribution >= 4 is 45.5 Å². The Balaban J connectivity index is 1.85. The molecule has 4 nitrogen and oxygen atoms in total. The van der Waals surface area contributed by atoms with Crippen LogP contribution in [0, 0.1) is 0 Å². The van der Waals surface area contributed by atoms with Crippen LogP contribution < -0.4 is 4.90 Å². The van der Waals surface area contributed by atoms with E-state index in [4.69, 9.17) is 11.6 Å². The highest BCUT2D eigenvalue weighted by Crippen LogP contribution is 2.23. The quantitative estimate of drug-likeness (QED) is 0.661. The normalized spacial score (nSPS) is 16.5. The molecule has 3 rings (SSSR count). The molecule has 0 saturated heterocycles. The van der Waals surface area contributed by atoms with Crippen LogP contribution in [0.2, 0.25) is 5.02 Å². The van der Waals surface area contributed by atoms with Crippen LogP contribution in [0.5, 0.6) is 0 Å². The van der Waals surface area contributed by atoms with Crippen LogP contribution >= 0.6 is 27.5 Å². The fourth-order valence-corrected chi connectivity index (χ4v) is 3.19. The smallest absolute Gasteiger partial charge is 0.296 e. The van der Waals surface area contributed by atoms with E-state index in [2.05, 4.69) is 27.1 Å². The standard InChI is InChI=1S/C18H17BrClN3O/c1-12-9-13-3-4-15(19)10-14(13)11-21-23(12)18(24)22(2)17-7-5-16(20)6-8-17/h3-8,10-12H,9H2,1-2H3/t12-/m1/s1. The average molecular weight is 407 g/mol. The summed E-state index contributed by atoms with van der Waals surface area (Å²) >= 11 is 9.39. The van der Waals surface area contributed by atoms with Crippen molar-refractivity contribution < 1.29 is 4.79 Å². The molecular weight excluding hydrogens is 390 g/mol. The summed E-state index contributed by atoms with van der Waals surface area (Å²) < 4.78 is 0.999. The topological polar surface area (TPSA) is 35.9 Å². The van der Waals surface area contributed by atoms with E-state index in [1.807, 2.05) is 31.2 Å². The number of benzene rings is 2. The van der Waals surface area contributed by atoms with Crippen molar-refractivity contribution in [1.29, 1.82) is 0 Å². The Morgan fingerprint density at radius 3 is 2.71 bits per heavy atom. The number of halogens is 2. The van der Waals surface area contributed by atoms with Gasteiger partial charge in [0, 0.05) is 22.2 Å². The summed E-state index contributed by atoms with van der Waals surface area (Å²) in [6, 6.07) is 13.1. The van der Waals surface area contributed by atoms with Crippen molar-refractivity contribution in [2.45, 2.75) is 19.4 Å². The lowest BCUT2D eigenvalue weighted by Crippen LogP contribution is -2.43. The Labute approximate surface area is 154 Å². The summed E-state index contributed by atoms with van der Waals surface area (Å²) in [5.74, 6) is 0. The van der Waals surface area contributed by atoms with E-state index in [9.17, 15) is 4.79 Å². The van der Waals surface area contributed by atoms with Gasteiger partial charge in [-0.3, -0.25) is 4.90 Å². The van der Waals surface area contributed by atoms with Crippen LogP contribution in [0.15, 0.2) is 52.0 Å². The summed E-state index contributed by atoms with van der Waals surface area (Å²) in [4.78, 5) is 14.4. The lowest BCUT2D eigenvalue weighted by Gasteiger charge is -2.28. The van der Waals surface area contributed by atoms with Crippen LogP contribution in [0.3, 0.4) is 0 Å². The summed E-state index contributed by atoms with van der Waals surface area (Å²) in [5, 5.41) is 6.59. The van der Waals surface area contributed by atoms with Crippen LogP contribution in [0.4, 0.5) is 10.5 Å². The molecule has 0 unspecified atom stereocenters. The molecule has 1 atom stereocenters. The van der Waals surface area contributed by atoms with Gasteiger partial charge in [0.2, 0.25) is 0 Å². The van der Waals surface area contributed by atoms with Crippen LogP contribution in [-0.4, -0.2) is 30.3 Å². The highest BCUT2D eigenvalue weighted by molar-refractivity contribution is 9.10. The van der Waals surface area contributed by atoms with Crippen molar-refractivity contribution in [1.82, 2.24) is 5.01 Å². The summed E-state index contributed by atoms with van der Waals surface area (Å²) in [7, 11) is 1.74. The second-order valence-corrected chi connectivity index (χ2v) is 7.16. The monoisotopic (exact) mass is 405 g/mol. The minimum Gasteiger partial charge on any atom is -0.296 e. The molecule has 0 aromatic heterocycles. The first kappa shape index (κ1) is 17.0. The number of hydrogen-bond acceptors (Lipinski definition) is 2. The summed E-state index contributed by atoms with van der Waals surface area (Å²) in [6.45, 7) is 2.00. The van der Waals surface area contributed by atoms with E-state index in [1.54, 1.807) is 30.3 Å². The first-order valence-electron chi connectivity index (χ1n) is 7.60. The second kappa shape index (κ2) is 6.95. The fourth-order valence-electron chi connectivity index (χ4n) is 2.68. The number of nitrogens with zero attached hydrogens (tertiary/aromatic N) is 3. The third-order valence-corrected chi connectivity index (χ3v) is 4.80. The molecule has 1 aliphatic rings. The maximum Gasteiger partial charge on any atom is 0.344 e. The molecular formula is C18H17BrClN3O. The van der Waals surface area contributed by atoms with E-state index in [-0.39, 0.29) is 12.1 Å². The second-order valence-electron chi connectivity index (χ2n) is 5.80. The SMILES string of the molecule is C[C@@H]1Cc2ccc(Br)cc2C=NN1C(=O)N(C)c1ccc(Cl)cc1. The molecule has 1 aliphatic heterocycles. The third-order valence-electron chi connectivity index (χ3n) is 4.06. The van der Waals surface area contributed by atoms with Gasteiger partial charge in [0.25, 0.3) is 0 Å². The summed E-state index contributed by atoms with van der Waals surface area (Å²) in [5.41, 5.74) is 2.98. The molecule has 0 fully saturated rings. The lowest BCUT2D eigenvalue weighted by molar-refractivity contribution is 0.190. The molecule has 0 bridgehead atoms. The Morgan fingerprint density at radius 2 is 2.00 bits per heavy atom. The summed E-state index contributed by atoms with van der Waals surface area (Å²) in [6.07, 6.45) is 2.50. The van der Waals surface area contributed by atoms with Gasteiger partial charge in [-0.25, -0.2) is 9.80 Å². The minimum absolute atomic E-state index is 0.0362. The Morgan fingerprint density at radius 1 is 1.29 bits per heavy atom. The maximum absolute atomic E-state index is 12.9. The van der Waals surface area contributed by atoms with Crippen molar-refractivity contribution in [2.75, 3.05) is 11.9 Å². The van der Waals surface area contributed by atoms with Gasteiger partial charge in [0.1, 0.15) is 0 Å². The predicted molar refractivity (Wildman–Crippen MR) is 102 cm³/mol. The van der Waals surface area contributed by atoms with E-state index >= 15 is 0 Å². The molecule has 1 heterocycles. The van der Waals surface area contributed by atoms with Crippen molar-refractivity contribution in [2.24, 2.45) is 5.10 Å². The van der Waals surface area contributed by atoms with Gasteiger partial charge < -0.3 is 0 Å². The van der Waals surface area contributed by atoms with Crippen molar-refractivity contribution in [3.05, 3.63) is 63.1 Å². The number of urea groups is 1. The van der Waals surface area contributed by atoms with E-state index in [1.165, 1.54) is 10.6 Å². The number of amides is 2. The molecule has 2 aromatic carbocycles. The Kier molecular flexibility index (Phi) is 4.92. The first-order valence-corrected chi connectivity index (χ1v) is 8.77. The number of hydrogen-bond donors (Lipinski definition) is 0. The third kappa shape index (κ3) is 3.47. The zero-order valence-electron chi connectivity index (χ0n) is 13.4. The van der Waals surface area contributed by atoms with E-state index in [0.29, 0.717) is 5.02 Å². The van der Waals surface area contributed by atoms with Crippen LogP contribution in [0.1, 0.15) is 18.1 Å². The van der Waals surface area contributed by atoms with Gasteiger partial charge in [-0.1, -0.05) is 33.6 Å². The molecule has 2 amide bonds. The zero-order valence-corrected chi connectivity index (χ0v) is 15.8.